The van der Waals surface area contributed by atoms with Crippen molar-refractivity contribution >= 4 is 5.82 Å². The highest BCUT2D eigenvalue weighted by Crippen LogP contribution is 2.38. The van der Waals surface area contributed by atoms with E-state index in [2.05, 4.69) is 15.3 Å². The molecule has 1 aromatic carbocycles. The Labute approximate surface area is 114 Å². The van der Waals surface area contributed by atoms with Crippen molar-refractivity contribution in [3.05, 3.63) is 41.7 Å². The van der Waals surface area contributed by atoms with Gasteiger partial charge in [-0.05, 0) is 12.5 Å². The Balaban J connectivity index is 2.70. The number of nitrogens with zero attached hydrogens (tertiary/aromatic N) is 2. The molecule has 20 heavy (non-hydrogen) atoms. The molecular weight excluding hydrogens is 267 g/mol. The van der Waals surface area contributed by atoms with E-state index in [-0.39, 0.29) is 5.56 Å². The van der Waals surface area contributed by atoms with Gasteiger partial charge in [0, 0.05) is 18.2 Å². The lowest BCUT2D eigenvalue weighted by molar-refractivity contribution is -0.137. The summed E-state index contributed by atoms with van der Waals surface area (Å²) in [6, 6.07) is 5.45. The minimum absolute atomic E-state index is 0.0794. The van der Waals surface area contributed by atoms with Crippen molar-refractivity contribution in [3.8, 4) is 11.3 Å². The lowest BCUT2D eigenvalue weighted by Gasteiger charge is -2.15. The van der Waals surface area contributed by atoms with Crippen LogP contribution in [-0.4, -0.2) is 17.0 Å². The van der Waals surface area contributed by atoms with Crippen LogP contribution >= 0.6 is 0 Å². The molecule has 0 atom stereocenters. The fourth-order valence-corrected chi connectivity index (χ4v) is 2.13. The van der Waals surface area contributed by atoms with Crippen molar-refractivity contribution in [2.45, 2.75) is 19.5 Å². The molecule has 106 valence electrons. The molecule has 1 N–H and O–H groups in total. The van der Waals surface area contributed by atoms with Crippen LogP contribution in [0, 0.1) is 0 Å². The number of hydrogen-bond donors (Lipinski definition) is 1. The highest BCUT2D eigenvalue weighted by atomic mass is 19.4. The van der Waals surface area contributed by atoms with Crippen LogP contribution < -0.4 is 5.32 Å². The minimum Gasteiger partial charge on any atom is -0.373 e. The van der Waals surface area contributed by atoms with Crippen molar-refractivity contribution in [1.82, 2.24) is 9.97 Å². The molecule has 0 amide bonds. The van der Waals surface area contributed by atoms with Gasteiger partial charge in [-0.2, -0.15) is 13.2 Å². The van der Waals surface area contributed by atoms with E-state index in [9.17, 15) is 13.2 Å². The lowest BCUT2D eigenvalue weighted by atomic mass is 9.99. The SMILES string of the molecule is CCc1c(NC)ncnc1-c1ccccc1C(F)(F)F. The number of halogens is 3. The van der Waals surface area contributed by atoms with Crippen LogP contribution in [0.2, 0.25) is 0 Å². The second-order valence-corrected chi connectivity index (χ2v) is 4.20. The monoisotopic (exact) mass is 281 g/mol. The first kappa shape index (κ1) is 14.3. The second-order valence-electron chi connectivity index (χ2n) is 4.20. The largest absolute Gasteiger partial charge is 0.417 e. The molecule has 0 aliphatic carbocycles. The normalized spacial score (nSPS) is 11.4. The first-order valence-corrected chi connectivity index (χ1v) is 6.17. The quantitative estimate of drug-likeness (QED) is 0.930. The van der Waals surface area contributed by atoms with Gasteiger partial charge in [0.2, 0.25) is 0 Å². The van der Waals surface area contributed by atoms with Crippen molar-refractivity contribution < 1.29 is 13.2 Å². The molecule has 0 aliphatic rings. The average molecular weight is 281 g/mol. The predicted octanol–water partition coefficient (Wildman–Crippen LogP) is 3.77. The topological polar surface area (TPSA) is 37.8 Å². The number of aromatic nitrogens is 2. The molecule has 0 unspecified atom stereocenters. The third kappa shape index (κ3) is 2.59. The summed E-state index contributed by atoms with van der Waals surface area (Å²) in [6.07, 6.45) is -2.60. The zero-order valence-corrected chi connectivity index (χ0v) is 11.1. The summed E-state index contributed by atoms with van der Waals surface area (Å²) in [7, 11) is 1.68. The van der Waals surface area contributed by atoms with Crippen LogP contribution in [0.1, 0.15) is 18.1 Å². The Kier molecular flexibility index (Phi) is 3.92. The summed E-state index contributed by atoms with van der Waals surface area (Å²) in [5.41, 5.74) is 0.387. The second kappa shape index (κ2) is 5.48. The van der Waals surface area contributed by atoms with E-state index in [1.165, 1.54) is 18.5 Å². The van der Waals surface area contributed by atoms with Gasteiger partial charge in [0.1, 0.15) is 12.1 Å². The lowest BCUT2D eigenvalue weighted by Crippen LogP contribution is -2.09. The Morgan fingerprint density at radius 3 is 2.45 bits per heavy atom. The molecule has 0 aliphatic heterocycles. The van der Waals surface area contributed by atoms with Gasteiger partial charge in [-0.1, -0.05) is 25.1 Å². The van der Waals surface area contributed by atoms with Gasteiger partial charge in [-0.25, -0.2) is 9.97 Å². The summed E-state index contributed by atoms with van der Waals surface area (Å²) in [5, 5.41) is 2.88. The Bertz CT molecular complexity index is 609. The van der Waals surface area contributed by atoms with E-state index in [0.29, 0.717) is 23.5 Å². The molecule has 3 nitrogen and oxygen atoms in total. The molecule has 0 radical (unpaired) electrons. The maximum absolute atomic E-state index is 13.1. The minimum atomic E-state index is -4.41. The fraction of sp³-hybridized carbons (Fsp3) is 0.286. The molecule has 2 aromatic rings. The van der Waals surface area contributed by atoms with Crippen LogP contribution in [0.3, 0.4) is 0 Å². The smallest absolute Gasteiger partial charge is 0.373 e. The number of anilines is 1. The summed E-state index contributed by atoms with van der Waals surface area (Å²) >= 11 is 0. The average Bonchev–Trinajstić information content (AvgIpc) is 2.45. The summed E-state index contributed by atoms with van der Waals surface area (Å²) in [4.78, 5) is 8.09. The Morgan fingerprint density at radius 2 is 1.85 bits per heavy atom. The Hall–Kier alpha value is -2.11. The van der Waals surface area contributed by atoms with Gasteiger partial charge in [-0.15, -0.1) is 0 Å². The molecule has 0 saturated carbocycles. The fourth-order valence-electron chi connectivity index (χ4n) is 2.13. The van der Waals surface area contributed by atoms with Gasteiger partial charge < -0.3 is 5.32 Å². The van der Waals surface area contributed by atoms with Crippen LogP contribution in [-0.2, 0) is 12.6 Å². The molecule has 0 bridgehead atoms. The van der Waals surface area contributed by atoms with Gasteiger partial charge in [0.15, 0.2) is 0 Å². The van der Waals surface area contributed by atoms with Crippen LogP contribution in [0.15, 0.2) is 30.6 Å². The predicted molar refractivity (Wildman–Crippen MR) is 71.4 cm³/mol. The molecule has 0 fully saturated rings. The number of benzene rings is 1. The summed E-state index contributed by atoms with van der Waals surface area (Å²) in [5.74, 6) is 0.550. The van der Waals surface area contributed by atoms with E-state index >= 15 is 0 Å². The van der Waals surface area contributed by atoms with Crippen LogP contribution in [0.4, 0.5) is 19.0 Å². The number of hydrogen-bond acceptors (Lipinski definition) is 3. The molecular formula is C14H14F3N3. The van der Waals surface area contributed by atoms with E-state index in [4.69, 9.17) is 0 Å². The summed E-state index contributed by atoms with van der Waals surface area (Å²) < 4.78 is 39.3. The van der Waals surface area contributed by atoms with E-state index in [1.807, 2.05) is 6.92 Å². The van der Waals surface area contributed by atoms with E-state index in [1.54, 1.807) is 13.1 Å². The van der Waals surface area contributed by atoms with Crippen molar-refractivity contribution in [3.63, 3.8) is 0 Å². The first-order chi connectivity index (χ1) is 9.49. The molecule has 1 aromatic heterocycles. The van der Waals surface area contributed by atoms with E-state index < -0.39 is 11.7 Å². The highest BCUT2D eigenvalue weighted by Gasteiger charge is 2.34. The van der Waals surface area contributed by atoms with Crippen LogP contribution in [0.5, 0.6) is 0 Å². The zero-order valence-electron chi connectivity index (χ0n) is 11.1. The van der Waals surface area contributed by atoms with Crippen molar-refractivity contribution in [2.75, 3.05) is 12.4 Å². The van der Waals surface area contributed by atoms with Gasteiger partial charge in [0.25, 0.3) is 0 Å². The maximum atomic E-state index is 13.1. The van der Waals surface area contributed by atoms with E-state index in [0.717, 1.165) is 6.07 Å². The number of rotatable bonds is 3. The van der Waals surface area contributed by atoms with Gasteiger partial charge in [-0.3, -0.25) is 0 Å². The molecule has 1 heterocycles. The molecule has 0 spiro atoms. The number of alkyl halides is 3. The maximum Gasteiger partial charge on any atom is 0.417 e. The van der Waals surface area contributed by atoms with Crippen molar-refractivity contribution in [2.24, 2.45) is 0 Å². The molecule has 6 heteroatoms. The van der Waals surface area contributed by atoms with Crippen molar-refractivity contribution in [1.29, 1.82) is 0 Å². The summed E-state index contributed by atoms with van der Waals surface area (Å²) in [6.45, 7) is 1.86. The highest BCUT2D eigenvalue weighted by molar-refractivity contribution is 5.71. The molecule has 0 saturated heterocycles. The standard InChI is InChI=1S/C14H14F3N3/c1-3-9-12(19-8-20-13(9)18-2)10-6-4-5-7-11(10)14(15,16)17/h4-8H,3H2,1-2H3,(H,18,19,20). The van der Waals surface area contributed by atoms with Gasteiger partial charge >= 0.3 is 6.18 Å². The van der Waals surface area contributed by atoms with Crippen LogP contribution in [0.25, 0.3) is 11.3 Å². The zero-order chi connectivity index (χ0) is 14.8. The number of nitrogens with one attached hydrogen (secondary N) is 1. The van der Waals surface area contributed by atoms with Gasteiger partial charge in [0.05, 0.1) is 11.3 Å². The Morgan fingerprint density at radius 1 is 1.15 bits per heavy atom. The third-order valence-corrected chi connectivity index (χ3v) is 3.02. The molecule has 2 rings (SSSR count). The first-order valence-electron chi connectivity index (χ1n) is 6.17. The third-order valence-electron chi connectivity index (χ3n) is 3.02.